The van der Waals surface area contributed by atoms with Crippen LogP contribution in [0.4, 0.5) is 0 Å². The van der Waals surface area contributed by atoms with Crippen molar-refractivity contribution in [3.05, 3.63) is 0 Å². The number of unbranched alkanes of at least 4 members (excludes halogenated alkanes) is 2. The molecule has 0 aromatic carbocycles. The van der Waals surface area contributed by atoms with E-state index in [2.05, 4.69) is 0 Å². The minimum absolute atomic E-state index is 0.187. The fourth-order valence-electron chi connectivity index (χ4n) is 1.56. The molecule has 2 N–H and O–H groups in total. The average molecular weight is 231 g/mol. The summed E-state index contributed by atoms with van der Waals surface area (Å²) in [5, 5.41) is 17.4. The van der Waals surface area contributed by atoms with E-state index >= 15 is 0 Å². The van der Waals surface area contributed by atoms with Gasteiger partial charge in [0.1, 0.15) is 0 Å². The largest absolute Gasteiger partial charge is 0.396 e. The normalized spacial score (nSPS) is 10.4. The van der Waals surface area contributed by atoms with Gasteiger partial charge in [-0.15, -0.1) is 0 Å². The van der Waals surface area contributed by atoms with Crippen molar-refractivity contribution in [2.45, 2.75) is 45.4 Å². The number of carbonyl (C=O) groups is 1. The van der Waals surface area contributed by atoms with Gasteiger partial charge in [-0.3, -0.25) is 4.79 Å². The van der Waals surface area contributed by atoms with Crippen molar-refractivity contribution in [1.82, 2.24) is 4.90 Å². The van der Waals surface area contributed by atoms with E-state index in [1.807, 2.05) is 11.8 Å². The zero-order chi connectivity index (χ0) is 12.2. The second-order valence-electron chi connectivity index (χ2n) is 3.99. The van der Waals surface area contributed by atoms with Crippen LogP contribution in [-0.4, -0.2) is 47.3 Å². The molecule has 1 amide bonds. The third-order valence-electron chi connectivity index (χ3n) is 2.49. The average Bonchev–Trinajstić information content (AvgIpc) is 2.28. The zero-order valence-corrected chi connectivity index (χ0v) is 10.3. The van der Waals surface area contributed by atoms with Gasteiger partial charge in [0, 0.05) is 32.7 Å². The van der Waals surface area contributed by atoms with Crippen molar-refractivity contribution in [2.75, 3.05) is 26.3 Å². The van der Waals surface area contributed by atoms with Gasteiger partial charge in [-0.25, -0.2) is 0 Å². The highest BCUT2D eigenvalue weighted by atomic mass is 16.3. The molecule has 0 heterocycles. The second-order valence-corrected chi connectivity index (χ2v) is 3.99. The van der Waals surface area contributed by atoms with Crippen LogP contribution in [0.15, 0.2) is 0 Å². The van der Waals surface area contributed by atoms with Gasteiger partial charge in [0.15, 0.2) is 0 Å². The molecule has 4 nitrogen and oxygen atoms in total. The molecule has 0 aromatic rings. The SMILES string of the molecule is CCCC(=O)N(CCCCO)CCCCO. The van der Waals surface area contributed by atoms with E-state index in [-0.39, 0.29) is 19.1 Å². The lowest BCUT2D eigenvalue weighted by molar-refractivity contribution is -0.131. The van der Waals surface area contributed by atoms with Crippen LogP contribution in [0.1, 0.15) is 45.4 Å². The van der Waals surface area contributed by atoms with Crippen LogP contribution in [0.3, 0.4) is 0 Å². The maximum atomic E-state index is 11.7. The number of hydrogen-bond donors (Lipinski definition) is 2. The van der Waals surface area contributed by atoms with Gasteiger partial charge < -0.3 is 15.1 Å². The molecule has 4 heteroatoms. The first-order valence-electron chi connectivity index (χ1n) is 6.25. The lowest BCUT2D eigenvalue weighted by atomic mass is 10.2. The van der Waals surface area contributed by atoms with Gasteiger partial charge in [0.25, 0.3) is 0 Å². The summed E-state index contributed by atoms with van der Waals surface area (Å²) in [6.45, 7) is 3.83. The summed E-state index contributed by atoms with van der Waals surface area (Å²) in [7, 11) is 0. The molecular formula is C12H25NO3. The molecule has 0 spiro atoms. The van der Waals surface area contributed by atoms with Gasteiger partial charge >= 0.3 is 0 Å². The predicted octanol–water partition coefficient (Wildman–Crippen LogP) is 1.16. The molecule has 96 valence electrons. The lowest BCUT2D eigenvalue weighted by Crippen LogP contribution is -2.32. The Hall–Kier alpha value is -0.610. The van der Waals surface area contributed by atoms with Crippen LogP contribution in [-0.2, 0) is 4.79 Å². The summed E-state index contributed by atoms with van der Waals surface area (Å²) in [5.74, 6) is 0.193. The molecule has 0 fully saturated rings. The number of carbonyl (C=O) groups excluding carboxylic acids is 1. The van der Waals surface area contributed by atoms with Crippen molar-refractivity contribution >= 4 is 5.91 Å². The molecular weight excluding hydrogens is 206 g/mol. The molecule has 0 bridgehead atoms. The van der Waals surface area contributed by atoms with E-state index in [1.54, 1.807) is 0 Å². The predicted molar refractivity (Wildman–Crippen MR) is 64.1 cm³/mol. The summed E-state index contributed by atoms with van der Waals surface area (Å²) in [6.07, 6.45) is 4.66. The fraction of sp³-hybridized carbons (Fsp3) is 0.917. The topological polar surface area (TPSA) is 60.8 Å². The first-order valence-corrected chi connectivity index (χ1v) is 6.25. The monoisotopic (exact) mass is 231 g/mol. The van der Waals surface area contributed by atoms with E-state index in [0.717, 1.165) is 45.2 Å². The third kappa shape index (κ3) is 7.65. The zero-order valence-electron chi connectivity index (χ0n) is 10.3. The van der Waals surface area contributed by atoms with Gasteiger partial charge in [-0.2, -0.15) is 0 Å². The van der Waals surface area contributed by atoms with Crippen molar-refractivity contribution in [2.24, 2.45) is 0 Å². The maximum absolute atomic E-state index is 11.7. The molecule has 0 saturated heterocycles. The number of nitrogens with zero attached hydrogens (tertiary/aromatic N) is 1. The molecule has 0 saturated carbocycles. The van der Waals surface area contributed by atoms with Crippen LogP contribution in [0.25, 0.3) is 0 Å². The van der Waals surface area contributed by atoms with Crippen molar-refractivity contribution in [3.8, 4) is 0 Å². The standard InChI is InChI=1S/C12H25NO3/c1-2-7-12(16)13(8-3-5-10-14)9-4-6-11-15/h14-15H,2-11H2,1H3. The van der Waals surface area contributed by atoms with Crippen LogP contribution in [0.2, 0.25) is 0 Å². The number of amides is 1. The Balaban J connectivity index is 3.89. The van der Waals surface area contributed by atoms with E-state index in [1.165, 1.54) is 0 Å². The summed E-state index contributed by atoms with van der Waals surface area (Å²) in [5.41, 5.74) is 0. The van der Waals surface area contributed by atoms with Crippen LogP contribution >= 0.6 is 0 Å². The molecule has 0 rings (SSSR count). The van der Waals surface area contributed by atoms with Gasteiger partial charge in [0.2, 0.25) is 5.91 Å². The van der Waals surface area contributed by atoms with Crippen molar-refractivity contribution in [3.63, 3.8) is 0 Å². The number of rotatable bonds is 10. The maximum Gasteiger partial charge on any atom is 0.222 e. The number of aliphatic hydroxyl groups excluding tert-OH is 2. The van der Waals surface area contributed by atoms with E-state index in [4.69, 9.17) is 10.2 Å². The molecule has 0 unspecified atom stereocenters. The number of hydrogen-bond acceptors (Lipinski definition) is 3. The highest BCUT2D eigenvalue weighted by molar-refractivity contribution is 5.76. The Kier molecular flexibility index (Phi) is 10.5. The summed E-state index contributed by atoms with van der Waals surface area (Å²) >= 11 is 0. The highest BCUT2D eigenvalue weighted by Crippen LogP contribution is 2.03. The van der Waals surface area contributed by atoms with E-state index < -0.39 is 0 Å². The first-order chi connectivity index (χ1) is 7.76. The molecule has 0 aromatic heterocycles. The minimum atomic E-state index is 0.187. The smallest absolute Gasteiger partial charge is 0.222 e. The van der Waals surface area contributed by atoms with E-state index in [0.29, 0.717) is 6.42 Å². The lowest BCUT2D eigenvalue weighted by Gasteiger charge is -2.22. The van der Waals surface area contributed by atoms with Crippen LogP contribution in [0.5, 0.6) is 0 Å². The van der Waals surface area contributed by atoms with Gasteiger partial charge in [-0.05, 0) is 32.1 Å². The minimum Gasteiger partial charge on any atom is -0.396 e. The summed E-state index contributed by atoms with van der Waals surface area (Å²) < 4.78 is 0. The Morgan fingerprint density at radius 1 is 1.00 bits per heavy atom. The Morgan fingerprint density at radius 3 is 1.88 bits per heavy atom. The van der Waals surface area contributed by atoms with Crippen molar-refractivity contribution in [1.29, 1.82) is 0 Å². The summed E-state index contributed by atoms with van der Waals surface area (Å²) in [6, 6.07) is 0. The number of aliphatic hydroxyl groups is 2. The molecule has 0 radical (unpaired) electrons. The van der Waals surface area contributed by atoms with Gasteiger partial charge in [-0.1, -0.05) is 6.92 Å². The Morgan fingerprint density at radius 2 is 1.50 bits per heavy atom. The third-order valence-corrected chi connectivity index (χ3v) is 2.49. The van der Waals surface area contributed by atoms with Gasteiger partial charge in [0.05, 0.1) is 0 Å². The first kappa shape index (κ1) is 15.4. The molecule has 16 heavy (non-hydrogen) atoms. The Bertz CT molecular complexity index is 164. The Labute approximate surface area is 98.3 Å². The molecule has 0 aliphatic carbocycles. The van der Waals surface area contributed by atoms with Crippen LogP contribution < -0.4 is 0 Å². The molecule has 0 aliphatic heterocycles. The summed E-state index contributed by atoms with van der Waals surface area (Å²) in [4.78, 5) is 13.6. The molecule has 0 aliphatic rings. The highest BCUT2D eigenvalue weighted by Gasteiger charge is 2.11. The quantitative estimate of drug-likeness (QED) is 0.555. The second kappa shape index (κ2) is 10.9. The van der Waals surface area contributed by atoms with E-state index in [9.17, 15) is 4.79 Å². The molecule has 0 atom stereocenters. The fourth-order valence-corrected chi connectivity index (χ4v) is 1.56. The van der Waals surface area contributed by atoms with Crippen LogP contribution in [0, 0.1) is 0 Å². The van der Waals surface area contributed by atoms with Crippen molar-refractivity contribution < 1.29 is 15.0 Å².